The molecule has 2 unspecified atom stereocenters. The van der Waals surface area contributed by atoms with E-state index in [0.717, 1.165) is 18.5 Å². The van der Waals surface area contributed by atoms with Gasteiger partial charge in [0.2, 0.25) is 0 Å². The predicted octanol–water partition coefficient (Wildman–Crippen LogP) is 3.93. The first kappa shape index (κ1) is 16.1. The van der Waals surface area contributed by atoms with E-state index in [4.69, 9.17) is 4.74 Å². The molecule has 0 saturated carbocycles. The van der Waals surface area contributed by atoms with E-state index in [-0.39, 0.29) is 18.0 Å². The van der Waals surface area contributed by atoms with Crippen molar-refractivity contribution in [3.63, 3.8) is 0 Å². The van der Waals surface area contributed by atoms with Crippen molar-refractivity contribution in [3.05, 3.63) is 35.6 Å². The second-order valence-corrected chi connectivity index (χ2v) is 5.33. The second-order valence-electron chi connectivity index (χ2n) is 5.33. The Morgan fingerprint density at radius 1 is 1.26 bits per heavy atom. The van der Waals surface area contributed by atoms with Crippen molar-refractivity contribution in [2.75, 3.05) is 13.1 Å². The number of benzene rings is 1. The lowest BCUT2D eigenvalue weighted by molar-refractivity contribution is -0.0259. The van der Waals surface area contributed by atoms with Crippen LogP contribution in [0.15, 0.2) is 24.3 Å². The molecule has 2 atom stereocenters. The summed E-state index contributed by atoms with van der Waals surface area (Å²) in [6.07, 6.45) is 1.13. The molecule has 1 rings (SSSR count). The quantitative estimate of drug-likeness (QED) is 0.721. The van der Waals surface area contributed by atoms with E-state index >= 15 is 0 Å². The van der Waals surface area contributed by atoms with Gasteiger partial charge in [-0.25, -0.2) is 4.39 Å². The summed E-state index contributed by atoms with van der Waals surface area (Å²) < 4.78 is 19.4. The maximum Gasteiger partial charge on any atom is 0.123 e. The summed E-state index contributed by atoms with van der Waals surface area (Å²) in [5.41, 5.74) is 0.899. The van der Waals surface area contributed by atoms with Gasteiger partial charge in [-0.15, -0.1) is 0 Å². The van der Waals surface area contributed by atoms with Crippen LogP contribution in [0.3, 0.4) is 0 Å². The van der Waals surface area contributed by atoms with Crippen molar-refractivity contribution in [1.29, 1.82) is 0 Å². The first-order valence-corrected chi connectivity index (χ1v) is 7.16. The van der Waals surface area contributed by atoms with Crippen molar-refractivity contribution < 1.29 is 9.13 Å². The van der Waals surface area contributed by atoms with Crippen LogP contribution in [-0.4, -0.2) is 19.2 Å². The number of hydrogen-bond donors (Lipinski definition) is 1. The molecule has 0 radical (unpaired) electrons. The fourth-order valence-electron chi connectivity index (χ4n) is 1.78. The molecule has 3 heteroatoms. The summed E-state index contributed by atoms with van der Waals surface area (Å²) in [5.74, 6) is 0.237. The standard InChI is InChI=1S/C16H26FNO/c1-5-9-18-11-16(19-13(4)12(2)3)14-7-6-8-15(17)10-14/h6-8,10,12-13,16,18H,5,9,11H2,1-4H3. The van der Waals surface area contributed by atoms with Crippen molar-refractivity contribution in [3.8, 4) is 0 Å². The molecule has 2 nitrogen and oxygen atoms in total. The molecule has 0 heterocycles. The fourth-order valence-corrected chi connectivity index (χ4v) is 1.78. The van der Waals surface area contributed by atoms with E-state index in [9.17, 15) is 4.39 Å². The highest BCUT2D eigenvalue weighted by atomic mass is 19.1. The van der Waals surface area contributed by atoms with E-state index in [1.54, 1.807) is 12.1 Å². The third kappa shape index (κ3) is 5.70. The van der Waals surface area contributed by atoms with E-state index in [0.29, 0.717) is 12.5 Å². The minimum Gasteiger partial charge on any atom is -0.369 e. The maximum atomic E-state index is 13.3. The molecular formula is C16H26FNO. The molecule has 19 heavy (non-hydrogen) atoms. The van der Waals surface area contributed by atoms with Gasteiger partial charge in [-0.1, -0.05) is 32.9 Å². The summed E-state index contributed by atoms with van der Waals surface area (Å²) in [7, 11) is 0. The Bertz CT molecular complexity index is 368. The Hall–Kier alpha value is -0.930. The lowest BCUT2D eigenvalue weighted by Gasteiger charge is -2.25. The number of nitrogens with one attached hydrogen (secondary N) is 1. The van der Waals surface area contributed by atoms with Gasteiger partial charge < -0.3 is 10.1 Å². The monoisotopic (exact) mass is 267 g/mol. The van der Waals surface area contributed by atoms with Crippen LogP contribution in [0.5, 0.6) is 0 Å². The largest absolute Gasteiger partial charge is 0.369 e. The van der Waals surface area contributed by atoms with Crippen LogP contribution in [0.4, 0.5) is 4.39 Å². The van der Waals surface area contributed by atoms with Crippen molar-refractivity contribution in [2.45, 2.75) is 46.3 Å². The van der Waals surface area contributed by atoms with Crippen LogP contribution in [0, 0.1) is 11.7 Å². The van der Waals surface area contributed by atoms with Crippen molar-refractivity contribution >= 4 is 0 Å². The Balaban J connectivity index is 2.73. The van der Waals surface area contributed by atoms with Crippen LogP contribution >= 0.6 is 0 Å². The van der Waals surface area contributed by atoms with Gasteiger partial charge in [0.05, 0.1) is 12.2 Å². The molecule has 0 bridgehead atoms. The molecule has 0 fully saturated rings. The Labute approximate surface area is 116 Å². The predicted molar refractivity (Wildman–Crippen MR) is 77.7 cm³/mol. The Morgan fingerprint density at radius 3 is 2.58 bits per heavy atom. The van der Waals surface area contributed by atoms with E-state index in [2.05, 4.69) is 33.0 Å². The molecule has 0 aromatic heterocycles. The lowest BCUT2D eigenvalue weighted by Crippen LogP contribution is -2.28. The highest BCUT2D eigenvalue weighted by molar-refractivity contribution is 5.19. The Kier molecular flexibility index (Phi) is 7.03. The highest BCUT2D eigenvalue weighted by Gasteiger charge is 2.17. The summed E-state index contributed by atoms with van der Waals surface area (Å²) in [6, 6.07) is 6.69. The van der Waals surface area contributed by atoms with Gasteiger partial charge >= 0.3 is 0 Å². The highest BCUT2D eigenvalue weighted by Crippen LogP contribution is 2.22. The first-order valence-electron chi connectivity index (χ1n) is 7.16. The van der Waals surface area contributed by atoms with Crippen LogP contribution < -0.4 is 5.32 Å². The van der Waals surface area contributed by atoms with Gasteiger partial charge in [-0.2, -0.15) is 0 Å². The molecule has 108 valence electrons. The average molecular weight is 267 g/mol. The minimum absolute atomic E-state index is 0.0975. The van der Waals surface area contributed by atoms with Crippen LogP contribution in [0.1, 0.15) is 45.8 Å². The molecule has 1 aromatic carbocycles. The smallest absolute Gasteiger partial charge is 0.123 e. The van der Waals surface area contributed by atoms with Gasteiger partial charge in [0.15, 0.2) is 0 Å². The number of rotatable bonds is 8. The number of hydrogen-bond acceptors (Lipinski definition) is 2. The van der Waals surface area contributed by atoms with Gasteiger partial charge in [-0.3, -0.25) is 0 Å². The molecule has 0 amide bonds. The molecule has 1 aromatic rings. The van der Waals surface area contributed by atoms with Crippen molar-refractivity contribution in [2.24, 2.45) is 5.92 Å². The molecule has 0 aliphatic rings. The van der Waals surface area contributed by atoms with Crippen LogP contribution in [0.2, 0.25) is 0 Å². The van der Waals surface area contributed by atoms with Crippen LogP contribution in [0.25, 0.3) is 0 Å². The average Bonchev–Trinajstić information content (AvgIpc) is 2.37. The second kappa shape index (κ2) is 8.28. The third-order valence-corrected chi connectivity index (χ3v) is 3.29. The minimum atomic E-state index is -0.209. The summed E-state index contributed by atoms with van der Waals surface area (Å²) in [4.78, 5) is 0. The van der Waals surface area contributed by atoms with Gasteiger partial charge in [0.1, 0.15) is 5.82 Å². The molecule has 0 spiro atoms. The van der Waals surface area contributed by atoms with Gasteiger partial charge in [-0.05, 0) is 43.5 Å². The number of ether oxygens (including phenoxy) is 1. The zero-order chi connectivity index (χ0) is 14.3. The van der Waals surface area contributed by atoms with Gasteiger partial charge in [0.25, 0.3) is 0 Å². The van der Waals surface area contributed by atoms with E-state index in [1.165, 1.54) is 6.07 Å². The summed E-state index contributed by atoms with van der Waals surface area (Å²) in [6.45, 7) is 10.1. The first-order chi connectivity index (χ1) is 9.04. The third-order valence-electron chi connectivity index (χ3n) is 3.29. The molecular weight excluding hydrogens is 241 g/mol. The number of halogens is 1. The fraction of sp³-hybridized carbons (Fsp3) is 0.625. The summed E-state index contributed by atoms with van der Waals surface area (Å²) in [5, 5.41) is 3.35. The van der Waals surface area contributed by atoms with Crippen molar-refractivity contribution in [1.82, 2.24) is 5.32 Å². The van der Waals surface area contributed by atoms with Gasteiger partial charge in [0, 0.05) is 6.54 Å². The van der Waals surface area contributed by atoms with E-state index in [1.807, 2.05) is 6.07 Å². The SMILES string of the molecule is CCCNCC(OC(C)C(C)C)c1cccc(F)c1. The summed E-state index contributed by atoms with van der Waals surface area (Å²) >= 11 is 0. The molecule has 0 aliphatic heterocycles. The zero-order valence-electron chi connectivity index (χ0n) is 12.4. The lowest BCUT2D eigenvalue weighted by atomic mass is 10.1. The zero-order valence-corrected chi connectivity index (χ0v) is 12.4. The molecule has 1 N–H and O–H groups in total. The molecule has 0 aliphatic carbocycles. The topological polar surface area (TPSA) is 21.3 Å². The van der Waals surface area contributed by atoms with Crippen LogP contribution in [-0.2, 0) is 4.74 Å². The van der Waals surface area contributed by atoms with E-state index < -0.39 is 0 Å². The molecule has 0 saturated heterocycles. The maximum absolute atomic E-state index is 13.3. The Morgan fingerprint density at radius 2 is 2.00 bits per heavy atom. The normalized spacial score (nSPS) is 14.6.